The summed E-state index contributed by atoms with van der Waals surface area (Å²) in [5, 5.41) is 0. The van der Waals surface area contributed by atoms with Crippen molar-refractivity contribution in [2.45, 2.75) is 32.1 Å². The molecule has 0 aliphatic heterocycles. The number of nitrogens with zero attached hydrogens (tertiary/aromatic N) is 2. The average Bonchev–Trinajstić information content (AvgIpc) is 2.31. The third kappa shape index (κ3) is 9.91. The zero-order valence-electron chi connectivity index (χ0n) is 10.3. The molecule has 4 N–H and O–H groups in total. The quantitative estimate of drug-likeness (QED) is 0.409. The van der Waals surface area contributed by atoms with E-state index in [1.165, 1.54) is 6.42 Å². The Labute approximate surface area is 99.8 Å². The average molecular weight is 226 g/mol. The van der Waals surface area contributed by atoms with E-state index < -0.39 is 0 Å². The van der Waals surface area contributed by atoms with Gasteiger partial charge >= 0.3 is 0 Å². The van der Waals surface area contributed by atoms with E-state index in [2.05, 4.69) is 9.74 Å². The van der Waals surface area contributed by atoms with E-state index in [1.54, 1.807) is 0 Å². The summed E-state index contributed by atoms with van der Waals surface area (Å²) >= 11 is 0. The third-order valence-corrected chi connectivity index (χ3v) is 2.60. The molecule has 4 nitrogen and oxygen atoms in total. The van der Waals surface area contributed by atoms with Crippen molar-refractivity contribution < 1.29 is 0 Å². The zero-order chi connectivity index (χ0) is 12.1. The van der Waals surface area contributed by atoms with Gasteiger partial charge in [0, 0.05) is 6.42 Å². The van der Waals surface area contributed by atoms with Crippen LogP contribution < -0.4 is 11.5 Å². The summed E-state index contributed by atoms with van der Waals surface area (Å²) in [5.41, 5.74) is 11.0. The normalized spacial score (nSPS) is 10.6. The Morgan fingerprint density at radius 2 is 1.38 bits per heavy atom. The fourth-order valence-corrected chi connectivity index (χ4v) is 1.66. The van der Waals surface area contributed by atoms with Crippen LogP contribution in [0.3, 0.4) is 0 Å². The van der Waals surface area contributed by atoms with E-state index in [0.717, 1.165) is 58.4 Å². The van der Waals surface area contributed by atoms with Crippen molar-refractivity contribution in [3.05, 3.63) is 11.4 Å². The van der Waals surface area contributed by atoms with E-state index in [1.807, 2.05) is 0 Å². The van der Waals surface area contributed by atoms with Crippen molar-refractivity contribution in [2.24, 2.45) is 11.5 Å². The standard InChI is InChI=1S/C12H26N4/c1-15-9-3-5-11-16(12-6-8-14)10-4-2-7-13/h2-14H2. The lowest BCUT2D eigenvalue weighted by molar-refractivity contribution is 0.262. The molecule has 0 saturated carbocycles. The summed E-state index contributed by atoms with van der Waals surface area (Å²) in [4.78, 5) is 5.82. The monoisotopic (exact) mass is 226 g/mol. The fraction of sp³-hybridized carbons (Fsp3) is 0.917. The minimum atomic E-state index is 0.660. The van der Waals surface area contributed by atoms with Crippen molar-refractivity contribution in [3.8, 4) is 0 Å². The van der Waals surface area contributed by atoms with Crippen molar-refractivity contribution in [2.75, 3.05) is 39.3 Å². The maximum Gasteiger partial charge on any atom is 0.214 e. The van der Waals surface area contributed by atoms with Gasteiger partial charge in [0.15, 0.2) is 0 Å². The van der Waals surface area contributed by atoms with Crippen LogP contribution in [0.5, 0.6) is 0 Å². The lowest BCUT2D eigenvalue weighted by Gasteiger charge is -2.21. The number of hydrogen-bond acceptors (Lipinski definition) is 3. The minimum absolute atomic E-state index is 0.660. The molecule has 0 saturated heterocycles. The first-order chi connectivity index (χ1) is 7.85. The minimum Gasteiger partial charge on any atom is -0.330 e. The molecule has 0 bridgehead atoms. The molecular formula is C12H26N4. The first-order valence-electron chi connectivity index (χ1n) is 6.31. The van der Waals surface area contributed by atoms with Crippen LogP contribution in [0.25, 0.3) is 4.85 Å². The first-order valence-corrected chi connectivity index (χ1v) is 6.31. The summed E-state index contributed by atoms with van der Waals surface area (Å²) in [6, 6.07) is 0. The molecule has 0 amide bonds. The second-order valence-electron chi connectivity index (χ2n) is 4.07. The Balaban J connectivity index is 3.59. The van der Waals surface area contributed by atoms with Gasteiger partial charge in [-0.3, -0.25) is 0 Å². The lowest BCUT2D eigenvalue weighted by atomic mass is 10.2. The molecule has 0 rings (SSSR count). The van der Waals surface area contributed by atoms with Gasteiger partial charge in [0.05, 0.1) is 0 Å². The van der Waals surface area contributed by atoms with E-state index in [0.29, 0.717) is 6.54 Å². The van der Waals surface area contributed by atoms with Crippen LogP contribution in [0.4, 0.5) is 0 Å². The SMILES string of the molecule is [C-]#[N+]CCCCN(CCCN)CCCCN. The molecule has 0 aliphatic carbocycles. The molecule has 0 aliphatic rings. The van der Waals surface area contributed by atoms with Crippen LogP contribution in [0, 0.1) is 6.57 Å². The van der Waals surface area contributed by atoms with Gasteiger partial charge in [-0.05, 0) is 58.4 Å². The smallest absolute Gasteiger partial charge is 0.214 e. The van der Waals surface area contributed by atoms with Crippen LogP contribution in [0.1, 0.15) is 32.1 Å². The largest absolute Gasteiger partial charge is 0.330 e. The molecule has 4 heteroatoms. The first kappa shape index (κ1) is 15.4. The highest BCUT2D eigenvalue weighted by Gasteiger charge is 2.03. The molecule has 0 aromatic heterocycles. The molecule has 0 unspecified atom stereocenters. The van der Waals surface area contributed by atoms with E-state index in [9.17, 15) is 0 Å². The molecule has 0 aromatic carbocycles. The van der Waals surface area contributed by atoms with Gasteiger partial charge in [-0.25, -0.2) is 6.57 Å². The molecule has 16 heavy (non-hydrogen) atoms. The molecule has 94 valence electrons. The van der Waals surface area contributed by atoms with Crippen LogP contribution in [0.15, 0.2) is 0 Å². The number of unbranched alkanes of at least 4 members (excludes halogenated alkanes) is 2. The summed E-state index contributed by atoms with van der Waals surface area (Å²) in [7, 11) is 0. The molecule has 0 radical (unpaired) electrons. The molecular weight excluding hydrogens is 200 g/mol. The van der Waals surface area contributed by atoms with Gasteiger partial charge in [0.2, 0.25) is 6.54 Å². The topological polar surface area (TPSA) is 59.6 Å². The Kier molecular flexibility index (Phi) is 11.9. The Morgan fingerprint density at radius 3 is 1.94 bits per heavy atom. The summed E-state index contributed by atoms with van der Waals surface area (Å²) in [6.45, 7) is 12.2. The summed E-state index contributed by atoms with van der Waals surface area (Å²) in [5.74, 6) is 0. The van der Waals surface area contributed by atoms with E-state index in [4.69, 9.17) is 18.0 Å². The maximum atomic E-state index is 6.72. The van der Waals surface area contributed by atoms with Crippen LogP contribution >= 0.6 is 0 Å². The van der Waals surface area contributed by atoms with Crippen LogP contribution in [-0.4, -0.2) is 44.2 Å². The maximum absolute atomic E-state index is 6.72. The van der Waals surface area contributed by atoms with Gasteiger partial charge in [-0.1, -0.05) is 0 Å². The highest BCUT2D eigenvalue weighted by Crippen LogP contribution is 2.00. The summed E-state index contributed by atoms with van der Waals surface area (Å²) in [6.07, 6.45) is 5.46. The zero-order valence-corrected chi connectivity index (χ0v) is 10.3. The second kappa shape index (κ2) is 12.4. The van der Waals surface area contributed by atoms with Gasteiger partial charge < -0.3 is 21.2 Å². The van der Waals surface area contributed by atoms with Gasteiger partial charge in [-0.2, -0.15) is 0 Å². The van der Waals surface area contributed by atoms with Crippen LogP contribution in [-0.2, 0) is 0 Å². The fourth-order valence-electron chi connectivity index (χ4n) is 1.66. The highest BCUT2D eigenvalue weighted by molar-refractivity contribution is 4.63. The van der Waals surface area contributed by atoms with Crippen molar-refractivity contribution >= 4 is 0 Å². The van der Waals surface area contributed by atoms with Gasteiger partial charge in [0.1, 0.15) is 0 Å². The van der Waals surface area contributed by atoms with E-state index in [-0.39, 0.29) is 0 Å². The van der Waals surface area contributed by atoms with Gasteiger partial charge in [0.25, 0.3) is 0 Å². The Hall–Kier alpha value is -0.630. The molecule has 0 spiro atoms. The molecule has 0 atom stereocenters. The predicted octanol–water partition coefficient (Wildman–Crippen LogP) is 1.08. The van der Waals surface area contributed by atoms with Crippen molar-refractivity contribution in [1.29, 1.82) is 0 Å². The highest BCUT2D eigenvalue weighted by atomic mass is 15.1. The number of nitrogens with two attached hydrogens (primary N) is 2. The number of rotatable bonds is 11. The molecule has 0 fully saturated rings. The predicted molar refractivity (Wildman–Crippen MR) is 69.1 cm³/mol. The van der Waals surface area contributed by atoms with Crippen molar-refractivity contribution in [1.82, 2.24) is 4.90 Å². The molecule has 0 heterocycles. The summed E-state index contributed by atoms with van der Waals surface area (Å²) < 4.78 is 0. The molecule has 0 aromatic rings. The van der Waals surface area contributed by atoms with E-state index >= 15 is 0 Å². The van der Waals surface area contributed by atoms with Crippen molar-refractivity contribution in [3.63, 3.8) is 0 Å². The second-order valence-corrected chi connectivity index (χ2v) is 4.07. The Morgan fingerprint density at radius 1 is 0.812 bits per heavy atom. The van der Waals surface area contributed by atoms with Crippen LogP contribution in [0.2, 0.25) is 0 Å². The van der Waals surface area contributed by atoms with Gasteiger partial charge in [-0.15, -0.1) is 0 Å². The number of hydrogen-bond donors (Lipinski definition) is 2. The Bertz CT molecular complexity index is 176. The third-order valence-electron chi connectivity index (χ3n) is 2.60. The lowest BCUT2D eigenvalue weighted by Crippen LogP contribution is -2.29.